The Kier molecular flexibility index (Phi) is 5.84. The van der Waals surface area contributed by atoms with Crippen molar-refractivity contribution < 1.29 is 14.7 Å². The molecule has 1 atom stereocenters. The fourth-order valence-electron chi connectivity index (χ4n) is 3.34. The van der Waals surface area contributed by atoms with Gasteiger partial charge in [-0.15, -0.1) is 0 Å². The van der Waals surface area contributed by atoms with Crippen molar-refractivity contribution in [1.29, 1.82) is 0 Å². The molecule has 1 heterocycles. The standard InChI is InChI=1S/C15H28N2O3/c1-5-9-15(13(18)19)10-8-11-17(15)14(20)16(4)12(6-2)7-3/h12H,5-11H2,1-4H3,(H,18,19). The molecule has 1 aliphatic heterocycles. The number of carbonyl (C=O) groups is 2. The number of hydrogen-bond donors (Lipinski definition) is 1. The number of amides is 2. The first-order valence-electron chi connectivity index (χ1n) is 7.72. The van der Waals surface area contributed by atoms with Gasteiger partial charge in [0, 0.05) is 19.6 Å². The summed E-state index contributed by atoms with van der Waals surface area (Å²) >= 11 is 0. The van der Waals surface area contributed by atoms with E-state index in [0.717, 1.165) is 25.7 Å². The summed E-state index contributed by atoms with van der Waals surface area (Å²) in [6.45, 7) is 6.63. The molecule has 0 bridgehead atoms. The van der Waals surface area contributed by atoms with Crippen LogP contribution in [0, 0.1) is 0 Å². The highest BCUT2D eigenvalue weighted by molar-refractivity contribution is 5.87. The van der Waals surface area contributed by atoms with Crippen LogP contribution in [0.1, 0.15) is 59.3 Å². The number of urea groups is 1. The van der Waals surface area contributed by atoms with E-state index in [9.17, 15) is 14.7 Å². The van der Waals surface area contributed by atoms with Crippen molar-refractivity contribution in [2.24, 2.45) is 0 Å². The zero-order valence-electron chi connectivity index (χ0n) is 13.2. The van der Waals surface area contributed by atoms with Crippen LogP contribution in [0.15, 0.2) is 0 Å². The van der Waals surface area contributed by atoms with Crippen LogP contribution in [-0.2, 0) is 4.79 Å². The number of carbonyl (C=O) groups excluding carboxylic acids is 1. The summed E-state index contributed by atoms with van der Waals surface area (Å²) in [5, 5.41) is 9.64. The van der Waals surface area contributed by atoms with Gasteiger partial charge in [-0.3, -0.25) is 0 Å². The average Bonchev–Trinajstić information content (AvgIpc) is 2.84. The second-order valence-electron chi connectivity index (χ2n) is 5.71. The fraction of sp³-hybridized carbons (Fsp3) is 0.867. The number of aliphatic carboxylic acids is 1. The van der Waals surface area contributed by atoms with E-state index in [1.165, 1.54) is 0 Å². The van der Waals surface area contributed by atoms with E-state index < -0.39 is 11.5 Å². The molecule has 0 radical (unpaired) electrons. The van der Waals surface area contributed by atoms with Crippen molar-refractivity contribution >= 4 is 12.0 Å². The third-order valence-electron chi connectivity index (χ3n) is 4.57. The molecule has 5 heteroatoms. The minimum Gasteiger partial charge on any atom is -0.479 e. The molecule has 0 saturated carbocycles. The molecule has 20 heavy (non-hydrogen) atoms. The molecule has 1 unspecified atom stereocenters. The Balaban J connectivity index is 2.97. The van der Waals surface area contributed by atoms with E-state index in [1.54, 1.807) is 16.8 Å². The maximum atomic E-state index is 12.7. The van der Waals surface area contributed by atoms with E-state index in [-0.39, 0.29) is 12.1 Å². The Labute approximate surface area is 121 Å². The number of carboxylic acid groups (broad SMARTS) is 1. The maximum Gasteiger partial charge on any atom is 0.329 e. The number of nitrogens with zero attached hydrogens (tertiary/aromatic N) is 2. The first-order valence-corrected chi connectivity index (χ1v) is 7.72. The van der Waals surface area contributed by atoms with Crippen LogP contribution in [0.5, 0.6) is 0 Å². The van der Waals surface area contributed by atoms with Crippen LogP contribution < -0.4 is 0 Å². The SMILES string of the molecule is CCCC1(C(=O)O)CCCN1C(=O)N(C)C(CC)CC. The Morgan fingerprint density at radius 3 is 2.35 bits per heavy atom. The van der Waals surface area contributed by atoms with Gasteiger partial charge in [0.15, 0.2) is 0 Å². The monoisotopic (exact) mass is 284 g/mol. The first kappa shape index (κ1) is 16.8. The Hall–Kier alpha value is -1.26. The highest BCUT2D eigenvalue weighted by Gasteiger charge is 2.50. The van der Waals surface area contributed by atoms with Crippen LogP contribution in [0.4, 0.5) is 4.79 Å². The summed E-state index contributed by atoms with van der Waals surface area (Å²) in [7, 11) is 1.79. The topological polar surface area (TPSA) is 60.9 Å². The van der Waals surface area contributed by atoms with Gasteiger partial charge in [0.2, 0.25) is 0 Å². The van der Waals surface area contributed by atoms with Crippen molar-refractivity contribution in [3.63, 3.8) is 0 Å². The van der Waals surface area contributed by atoms with Gasteiger partial charge in [-0.2, -0.15) is 0 Å². The van der Waals surface area contributed by atoms with Crippen LogP contribution in [0.3, 0.4) is 0 Å². The molecule has 1 aliphatic rings. The van der Waals surface area contributed by atoms with Crippen LogP contribution in [-0.4, -0.2) is 52.1 Å². The first-order chi connectivity index (χ1) is 9.44. The summed E-state index contributed by atoms with van der Waals surface area (Å²) in [4.78, 5) is 27.8. The van der Waals surface area contributed by atoms with Crippen LogP contribution in [0.2, 0.25) is 0 Å². The number of hydrogen-bond acceptors (Lipinski definition) is 2. The van der Waals surface area contributed by atoms with Gasteiger partial charge in [-0.05, 0) is 32.1 Å². The predicted octanol–water partition coefficient (Wildman–Crippen LogP) is 2.95. The quantitative estimate of drug-likeness (QED) is 0.815. The average molecular weight is 284 g/mol. The minimum atomic E-state index is -0.994. The minimum absolute atomic E-state index is 0.132. The van der Waals surface area contributed by atoms with Crippen LogP contribution in [0.25, 0.3) is 0 Å². The largest absolute Gasteiger partial charge is 0.479 e. The summed E-state index contributed by atoms with van der Waals surface area (Å²) in [6.07, 6.45) is 4.42. The Bertz CT molecular complexity index is 355. The zero-order chi connectivity index (χ0) is 15.3. The third-order valence-corrected chi connectivity index (χ3v) is 4.57. The molecule has 1 saturated heterocycles. The Morgan fingerprint density at radius 2 is 1.90 bits per heavy atom. The van der Waals surface area contributed by atoms with Gasteiger partial charge in [-0.25, -0.2) is 9.59 Å². The highest BCUT2D eigenvalue weighted by atomic mass is 16.4. The number of carboxylic acids is 1. The third kappa shape index (κ3) is 2.91. The van der Waals surface area contributed by atoms with Gasteiger partial charge < -0.3 is 14.9 Å². The van der Waals surface area contributed by atoms with Crippen LogP contribution >= 0.6 is 0 Å². The lowest BCUT2D eigenvalue weighted by Crippen LogP contribution is -2.57. The molecular weight excluding hydrogens is 256 g/mol. The van der Waals surface area contributed by atoms with Crippen molar-refractivity contribution in [3.05, 3.63) is 0 Å². The van der Waals surface area contributed by atoms with E-state index in [0.29, 0.717) is 19.4 Å². The van der Waals surface area contributed by atoms with Gasteiger partial charge in [-0.1, -0.05) is 27.2 Å². The summed E-state index contributed by atoms with van der Waals surface area (Å²) in [6, 6.07) is 0.0447. The molecule has 0 aromatic carbocycles. The molecule has 0 spiro atoms. The van der Waals surface area contributed by atoms with E-state index >= 15 is 0 Å². The van der Waals surface area contributed by atoms with Gasteiger partial charge in [0.1, 0.15) is 5.54 Å². The summed E-state index contributed by atoms with van der Waals surface area (Å²) < 4.78 is 0. The zero-order valence-corrected chi connectivity index (χ0v) is 13.2. The molecule has 5 nitrogen and oxygen atoms in total. The molecule has 2 amide bonds. The summed E-state index contributed by atoms with van der Waals surface area (Å²) in [5.41, 5.74) is -0.994. The van der Waals surface area contributed by atoms with Crippen molar-refractivity contribution in [3.8, 4) is 0 Å². The predicted molar refractivity (Wildman–Crippen MR) is 78.7 cm³/mol. The molecule has 1 fully saturated rings. The number of rotatable bonds is 6. The second-order valence-corrected chi connectivity index (χ2v) is 5.71. The lowest BCUT2D eigenvalue weighted by molar-refractivity contribution is -0.148. The molecule has 0 aliphatic carbocycles. The molecule has 1 rings (SSSR count). The summed E-state index contributed by atoms with van der Waals surface area (Å²) in [5.74, 6) is -0.858. The van der Waals surface area contributed by atoms with Gasteiger partial charge in [0.25, 0.3) is 0 Å². The van der Waals surface area contributed by atoms with E-state index in [2.05, 4.69) is 13.8 Å². The maximum absolute atomic E-state index is 12.7. The lowest BCUT2D eigenvalue weighted by Gasteiger charge is -2.39. The lowest BCUT2D eigenvalue weighted by atomic mass is 9.91. The van der Waals surface area contributed by atoms with E-state index in [4.69, 9.17) is 0 Å². The van der Waals surface area contributed by atoms with Crippen molar-refractivity contribution in [2.75, 3.05) is 13.6 Å². The molecule has 0 aromatic heterocycles. The molecule has 1 N–H and O–H groups in total. The molecular formula is C15H28N2O3. The normalized spacial score (nSPS) is 22.4. The molecule has 116 valence electrons. The highest BCUT2D eigenvalue weighted by Crippen LogP contribution is 2.35. The van der Waals surface area contributed by atoms with Crippen molar-refractivity contribution in [1.82, 2.24) is 9.80 Å². The number of likely N-dealkylation sites (tertiary alicyclic amines) is 1. The van der Waals surface area contributed by atoms with Gasteiger partial charge in [0.05, 0.1) is 0 Å². The smallest absolute Gasteiger partial charge is 0.329 e. The Morgan fingerprint density at radius 1 is 1.30 bits per heavy atom. The van der Waals surface area contributed by atoms with E-state index in [1.807, 2.05) is 6.92 Å². The molecule has 0 aromatic rings. The second kappa shape index (κ2) is 6.95. The fourth-order valence-corrected chi connectivity index (χ4v) is 3.34. The van der Waals surface area contributed by atoms with Gasteiger partial charge >= 0.3 is 12.0 Å². The van der Waals surface area contributed by atoms with Crippen molar-refractivity contribution in [2.45, 2.75) is 70.9 Å².